The molecular weight excluding hydrogens is 366 g/mol. The summed E-state index contributed by atoms with van der Waals surface area (Å²) in [5.41, 5.74) is 1.94. The average Bonchev–Trinajstić information content (AvgIpc) is 2.71. The summed E-state index contributed by atoms with van der Waals surface area (Å²) in [7, 11) is 1.60. The van der Waals surface area contributed by atoms with E-state index in [0.717, 1.165) is 18.8 Å². The summed E-state index contributed by atoms with van der Waals surface area (Å²) >= 11 is 0. The van der Waals surface area contributed by atoms with Gasteiger partial charge in [0.2, 0.25) is 0 Å². The molecule has 1 heterocycles. The first-order valence-corrected chi connectivity index (χ1v) is 10.3. The molecule has 6 nitrogen and oxygen atoms in total. The van der Waals surface area contributed by atoms with Gasteiger partial charge in [-0.2, -0.15) is 0 Å². The van der Waals surface area contributed by atoms with Gasteiger partial charge in [0.05, 0.1) is 20.2 Å². The van der Waals surface area contributed by atoms with Gasteiger partial charge >= 0.3 is 0 Å². The molecule has 1 fully saturated rings. The summed E-state index contributed by atoms with van der Waals surface area (Å²) < 4.78 is 5.11. The van der Waals surface area contributed by atoms with Crippen LogP contribution in [0.15, 0.2) is 48.5 Å². The number of carbonyl (C=O) groups excluding carboxylic acids is 2. The van der Waals surface area contributed by atoms with E-state index in [-0.39, 0.29) is 11.8 Å². The Morgan fingerprint density at radius 2 is 1.38 bits per heavy atom. The maximum absolute atomic E-state index is 12.4. The molecule has 1 aliphatic rings. The molecule has 154 valence electrons. The predicted octanol–water partition coefficient (Wildman–Crippen LogP) is 2.74. The monoisotopic (exact) mass is 396 g/mol. The van der Waals surface area contributed by atoms with E-state index in [2.05, 4.69) is 10.6 Å². The van der Waals surface area contributed by atoms with Crippen molar-refractivity contribution < 1.29 is 19.2 Å². The van der Waals surface area contributed by atoms with E-state index in [1.165, 1.54) is 37.0 Å². The zero-order chi connectivity index (χ0) is 20.5. The summed E-state index contributed by atoms with van der Waals surface area (Å²) in [6.45, 7) is 2.63. The minimum absolute atomic E-state index is 0.0241. The van der Waals surface area contributed by atoms with Crippen LogP contribution in [0.3, 0.4) is 0 Å². The SMILES string of the molecule is COc1ccc(NC(=O)c2ccc(NC(=O)C[NH+]3CCCCCCC3)cc2)cc1. The Labute approximate surface area is 172 Å². The molecule has 2 amide bonds. The topological polar surface area (TPSA) is 71.9 Å². The van der Waals surface area contributed by atoms with Crippen LogP contribution in [0.1, 0.15) is 42.5 Å². The first kappa shape index (κ1) is 20.9. The Morgan fingerprint density at radius 3 is 2.00 bits per heavy atom. The summed E-state index contributed by atoms with van der Waals surface area (Å²) in [6, 6.07) is 14.1. The van der Waals surface area contributed by atoms with E-state index in [1.807, 2.05) is 0 Å². The molecule has 2 aromatic rings. The quantitative estimate of drug-likeness (QED) is 0.703. The number of rotatable bonds is 6. The molecule has 3 rings (SSSR count). The van der Waals surface area contributed by atoms with Crippen molar-refractivity contribution in [2.24, 2.45) is 0 Å². The van der Waals surface area contributed by atoms with Crippen molar-refractivity contribution in [1.29, 1.82) is 0 Å². The smallest absolute Gasteiger partial charge is 0.279 e. The van der Waals surface area contributed by atoms with Crippen LogP contribution < -0.4 is 20.3 Å². The van der Waals surface area contributed by atoms with Crippen LogP contribution in [-0.4, -0.2) is 38.6 Å². The van der Waals surface area contributed by atoms with E-state index in [4.69, 9.17) is 4.74 Å². The zero-order valence-corrected chi connectivity index (χ0v) is 17.0. The second-order valence-electron chi connectivity index (χ2n) is 7.50. The van der Waals surface area contributed by atoms with Crippen molar-refractivity contribution in [2.75, 3.05) is 37.4 Å². The summed E-state index contributed by atoms with van der Waals surface area (Å²) in [5, 5.41) is 5.80. The molecular formula is C23H30N3O3+. The molecule has 29 heavy (non-hydrogen) atoms. The number of quaternary nitrogens is 1. The second kappa shape index (κ2) is 10.6. The van der Waals surface area contributed by atoms with Gasteiger partial charge in [-0.15, -0.1) is 0 Å². The lowest BCUT2D eigenvalue weighted by Gasteiger charge is -2.21. The van der Waals surface area contributed by atoms with Gasteiger partial charge in [0.1, 0.15) is 5.75 Å². The predicted molar refractivity (Wildman–Crippen MR) is 115 cm³/mol. The van der Waals surface area contributed by atoms with Crippen LogP contribution in [-0.2, 0) is 4.79 Å². The highest BCUT2D eigenvalue weighted by atomic mass is 16.5. The second-order valence-corrected chi connectivity index (χ2v) is 7.50. The van der Waals surface area contributed by atoms with Crippen molar-refractivity contribution >= 4 is 23.2 Å². The van der Waals surface area contributed by atoms with Crippen molar-refractivity contribution in [1.82, 2.24) is 0 Å². The highest BCUT2D eigenvalue weighted by molar-refractivity contribution is 6.04. The van der Waals surface area contributed by atoms with E-state index >= 15 is 0 Å². The Morgan fingerprint density at radius 1 is 0.828 bits per heavy atom. The largest absolute Gasteiger partial charge is 0.497 e. The molecule has 2 aromatic carbocycles. The van der Waals surface area contributed by atoms with Gasteiger partial charge < -0.3 is 20.3 Å². The fraction of sp³-hybridized carbons (Fsp3) is 0.391. The Balaban J connectivity index is 1.50. The number of ether oxygens (including phenoxy) is 1. The van der Waals surface area contributed by atoms with Crippen LogP contribution in [0.4, 0.5) is 11.4 Å². The number of benzene rings is 2. The Kier molecular flexibility index (Phi) is 7.64. The summed E-state index contributed by atoms with van der Waals surface area (Å²) in [6.07, 6.45) is 6.25. The molecule has 0 radical (unpaired) electrons. The number of likely N-dealkylation sites (tertiary alicyclic amines) is 1. The van der Waals surface area contributed by atoms with Crippen LogP contribution in [0.2, 0.25) is 0 Å². The minimum Gasteiger partial charge on any atom is -0.497 e. The van der Waals surface area contributed by atoms with Gasteiger partial charge in [-0.3, -0.25) is 9.59 Å². The summed E-state index contributed by atoms with van der Waals surface area (Å²) in [5.74, 6) is 0.565. The lowest BCUT2D eigenvalue weighted by molar-refractivity contribution is -0.892. The Hall–Kier alpha value is -2.86. The molecule has 1 aliphatic heterocycles. The van der Waals surface area contributed by atoms with Crippen molar-refractivity contribution in [2.45, 2.75) is 32.1 Å². The van der Waals surface area contributed by atoms with Gasteiger partial charge in [0.25, 0.3) is 11.8 Å². The molecule has 1 saturated heterocycles. The number of hydrogen-bond donors (Lipinski definition) is 3. The van der Waals surface area contributed by atoms with Crippen molar-refractivity contribution in [3.63, 3.8) is 0 Å². The van der Waals surface area contributed by atoms with Gasteiger partial charge in [-0.1, -0.05) is 6.42 Å². The lowest BCUT2D eigenvalue weighted by Crippen LogP contribution is -3.13. The first-order chi connectivity index (χ1) is 14.1. The molecule has 0 spiro atoms. The number of carbonyl (C=O) groups is 2. The third kappa shape index (κ3) is 6.61. The van der Waals surface area contributed by atoms with Crippen LogP contribution >= 0.6 is 0 Å². The van der Waals surface area contributed by atoms with Gasteiger partial charge in [0.15, 0.2) is 6.54 Å². The van der Waals surface area contributed by atoms with Gasteiger partial charge in [0, 0.05) is 16.9 Å². The maximum Gasteiger partial charge on any atom is 0.279 e. The van der Waals surface area contributed by atoms with Gasteiger partial charge in [-0.25, -0.2) is 0 Å². The fourth-order valence-electron chi connectivity index (χ4n) is 3.60. The van der Waals surface area contributed by atoms with Crippen LogP contribution in [0.25, 0.3) is 0 Å². The highest BCUT2D eigenvalue weighted by Gasteiger charge is 2.16. The third-order valence-electron chi connectivity index (χ3n) is 5.25. The third-order valence-corrected chi connectivity index (χ3v) is 5.25. The van der Waals surface area contributed by atoms with Crippen LogP contribution in [0.5, 0.6) is 5.75 Å². The van der Waals surface area contributed by atoms with E-state index < -0.39 is 0 Å². The van der Waals surface area contributed by atoms with Crippen LogP contribution in [0, 0.1) is 0 Å². The van der Waals surface area contributed by atoms with Crippen molar-refractivity contribution in [3.05, 3.63) is 54.1 Å². The normalized spacial score (nSPS) is 15.1. The number of methoxy groups -OCH3 is 1. The van der Waals surface area contributed by atoms with E-state index in [9.17, 15) is 9.59 Å². The first-order valence-electron chi connectivity index (χ1n) is 10.3. The zero-order valence-electron chi connectivity index (χ0n) is 17.0. The molecule has 0 unspecified atom stereocenters. The minimum atomic E-state index is -0.196. The standard InChI is InChI=1S/C23H29N3O3/c1-29-21-13-11-20(12-14-21)25-23(28)18-7-9-19(10-8-18)24-22(27)17-26-15-5-3-2-4-6-16-26/h7-14H,2-6,15-17H2,1H3,(H,24,27)(H,25,28)/p+1. The number of hydrogen-bond acceptors (Lipinski definition) is 3. The molecule has 0 atom stereocenters. The molecule has 0 bridgehead atoms. The number of nitrogens with one attached hydrogen (secondary N) is 3. The number of anilines is 2. The lowest BCUT2D eigenvalue weighted by atomic mass is 10.1. The Bertz CT molecular complexity index is 795. The molecule has 3 N–H and O–H groups in total. The highest BCUT2D eigenvalue weighted by Crippen LogP contribution is 2.16. The summed E-state index contributed by atoms with van der Waals surface area (Å²) in [4.78, 5) is 26.1. The average molecular weight is 397 g/mol. The van der Waals surface area contributed by atoms with E-state index in [1.54, 1.807) is 55.6 Å². The molecule has 6 heteroatoms. The van der Waals surface area contributed by atoms with Gasteiger partial charge in [-0.05, 0) is 74.2 Å². The molecule has 0 aromatic heterocycles. The van der Waals surface area contributed by atoms with E-state index in [0.29, 0.717) is 23.5 Å². The number of amides is 2. The molecule has 0 aliphatic carbocycles. The van der Waals surface area contributed by atoms with Crippen molar-refractivity contribution in [3.8, 4) is 5.75 Å². The fourth-order valence-corrected chi connectivity index (χ4v) is 3.60. The maximum atomic E-state index is 12.4. The molecule has 0 saturated carbocycles.